The van der Waals surface area contributed by atoms with E-state index < -0.39 is 17.6 Å². The zero-order valence-corrected chi connectivity index (χ0v) is 10.8. The van der Waals surface area contributed by atoms with Crippen molar-refractivity contribution in [1.82, 2.24) is 0 Å². The molecule has 0 saturated carbocycles. The van der Waals surface area contributed by atoms with Crippen LogP contribution >= 0.6 is 11.8 Å². The van der Waals surface area contributed by atoms with Crippen molar-refractivity contribution >= 4 is 16.9 Å². The number of rotatable bonds is 2. The van der Waals surface area contributed by atoms with Crippen molar-refractivity contribution in [3.8, 4) is 11.8 Å². The van der Waals surface area contributed by atoms with E-state index in [2.05, 4.69) is 11.8 Å². The minimum Gasteiger partial charge on any atom is -0.288 e. The molecule has 0 atom stereocenters. The van der Waals surface area contributed by atoms with Crippen LogP contribution in [0, 0.1) is 17.7 Å². The molecule has 1 nitrogen and oxygen atoms in total. The van der Waals surface area contributed by atoms with Crippen LogP contribution in [-0.2, 0) is 11.0 Å². The maximum Gasteiger partial charge on any atom is 0.419 e. The second kappa shape index (κ2) is 6.62. The first-order valence-corrected chi connectivity index (χ1v) is 6.28. The molecular weight excluding hydrogens is 280 g/mol. The first-order chi connectivity index (χ1) is 8.80. The van der Waals surface area contributed by atoms with Crippen LogP contribution in [0.3, 0.4) is 0 Å². The van der Waals surface area contributed by atoms with Crippen LogP contribution in [0.2, 0.25) is 0 Å². The molecule has 0 aromatic heterocycles. The van der Waals surface area contributed by atoms with Gasteiger partial charge in [0, 0.05) is 24.7 Å². The molecule has 0 unspecified atom stereocenters. The standard InChI is InChI=1S/C13H10F4OS/c1-9(18)19-7-3-2-4-10-5-6-12(14)11(8-10)13(15,16)17/h5-6,8H,3,7H2,1H3. The molecule has 0 spiro atoms. The minimum atomic E-state index is -4.73. The van der Waals surface area contributed by atoms with Crippen LogP contribution in [0.25, 0.3) is 0 Å². The molecular formula is C13H10F4OS. The van der Waals surface area contributed by atoms with Crippen molar-refractivity contribution in [2.75, 3.05) is 5.75 Å². The second-order valence-corrected chi connectivity index (χ2v) is 4.86. The zero-order chi connectivity index (χ0) is 14.5. The monoisotopic (exact) mass is 290 g/mol. The lowest BCUT2D eigenvalue weighted by Crippen LogP contribution is -2.08. The summed E-state index contributed by atoms with van der Waals surface area (Å²) in [6.07, 6.45) is -4.35. The van der Waals surface area contributed by atoms with Crippen molar-refractivity contribution in [3.63, 3.8) is 0 Å². The summed E-state index contributed by atoms with van der Waals surface area (Å²) in [6.45, 7) is 1.42. The van der Waals surface area contributed by atoms with E-state index in [1.54, 1.807) is 0 Å². The van der Waals surface area contributed by atoms with Gasteiger partial charge < -0.3 is 0 Å². The Labute approximate surface area is 112 Å². The molecule has 0 aliphatic heterocycles. The number of halogens is 4. The highest BCUT2D eigenvalue weighted by atomic mass is 32.2. The smallest absolute Gasteiger partial charge is 0.288 e. The summed E-state index contributed by atoms with van der Waals surface area (Å²) in [5, 5.41) is -0.0389. The molecule has 102 valence electrons. The summed E-state index contributed by atoms with van der Waals surface area (Å²) < 4.78 is 50.3. The van der Waals surface area contributed by atoms with E-state index in [4.69, 9.17) is 0 Å². The van der Waals surface area contributed by atoms with E-state index >= 15 is 0 Å². The molecule has 1 aromatic rings. The van der Waals surface area contributed by atoms with Crippen molar-refractivity contribution in [2.45, 2.75) is 19.5 Å². The molecule has 0 amide bonds. The number of hydrogen-bond acceptors (Lipinski definition) is 2. The van der Waals surface area contributed by atoms with E-state index in [0.717, 1.165) is 17.8 Å². The lowest BCUT2D eigenvalue weighted by atomic mass is 10.1. The number of thioether (sulfide) groups is 1. The van der Waals surface area contributed by atoms with Gasteiger partial charge in [0.2, 0.25) is 0 Å². The fourth-order valence-electron chi connectivity index (χ4n) is 1.23. The first-order valence-electron chi connectivity index (χ1n) is 5.29. The number of benzene rings is 1. The predicted molar refractivity (Wildman–Crippen MR) is 66.0 cm³/mol. The SMILES string of the molecule is CC(=O)SCCC#Cc1ccc(F)c(C(F)(F)F)c1. The highest BCUT2D eigenvalue weighted by Gasteiger charge is 2.34. The third-order valence-corrected chi connectivity index (χ3v) is 2.85. The Balaban J connectivity index is 2.75. The van der Waals surface area contributed by atoms with Gasteiger partial charge in [-0.2, -0.15) is 13.2 Å². The predicted octanol–water partition coefficient (Wildman–Crippen LogP) is 3.87. The number of hydrogen-bond donors (Lipinski definition) is 0. The Bertz CT molecular complexity index is 526. The third-order valence-electron chi connectivity index (χ3n) is 2.04. The molecule has 1 aromatic carbocycles. The fourth-order valence-corrected chi connectivity index (χ4v) is 1.72. The van der Waals surface area contributed by atoms with Gasteiger partial charge in [0.05, 0.1) is 5.56 Å². The van der Waals surface area contributed by atoms with Crippen LogP contribution in [0.5, 0.6) is 0 Å². The highest BCUT2D eigenvalue weighted by Crippen LogP contribution is 2.31. The van der Waals surface area contributed by atoms with Crippen molar-refractivity contribution in [3.05, 3.63) is 35.1 Å². The van der Waals surface area contributed by atoms with Gasteiger partial charge in [0.1, 0.15) is 5.82 Å². The second-order valence-electron chi connectivity index (χ2n) is 3.58. The molecule has 0 N–H and O–H groups in total. The van der Waals surface area contributed by atoms with Gasteiger partial charge in [0.15, 0.2) is 5.12 Å². The number of alkyl halides is 3. The van der Waals surface area contributed by atoms with E-state index in [-0.39, 0.29) is 10.7 Å². The van der Waals surface area contributed by atoms with Gasteiger partial charge in [0.25, 0.3) is 0 Å². The molecule has 0 aliphatic rings. The summed E-state index contributed by atoms with van der Waals surface area (Å²) >= 11 is 1.09. The van der Waals surface area contributed by atoms with Crippen LogP contribution in [0.1, 0.15) is 24.5 Å². The molecule has 1 rings (SSSR count). The molecule has 6 heteroatoms. The molecule has 0 saturated heterocycles. The van der Waals surface area contributed by atoms with E-state index in [1.807, 2.05) is 0 Å². The van der Waals surface area contributed by atoms with Crippen LogP contribution < -0.4 is 0 Å². The Morgan fingerprint density at radius 1 is 1.37 bits per heavy atom. The first kappa shape index (κ1) is 15.6. The van der Waals surface area contributed by atoms with E-state index in [1.165, 1.54) is 13.0 Å². The minimum absolute atomic E-state index is 0.0389. The zero-order valence-electron chi connectivity index (χ0n) is 9.97. The Kier molecular flexibility index (Phi) is 5.43. The van der Waals surface area contributed by atoms with Gasteiger partial charge in [-0.15, -0.1) is 0 Å². The molecule has 0 fully saturated rings. The molecule has 19 heavy (non-hydrogen) atoms. The van der Waals surface area contributed by atoms with E-state index in [9.17, 15) is 22.4 Å². The van der Waals surface area contributed by atoms with Gasteiger partial charge in [-0.05, 0) is 18.2 Å². The van der Waals surface area contributed by atoms with Crippen LogP contribution in [-0.4, -0.2) is 10.9 Å². The van der Waals surface area contributed by atoms with Gasteiger partial charge in [-0.25, -0.2) is 4.39 Å². The Hall–Kier alpha value is -1.48. The lowest BCUT2D eigenvalue weighted by molar-refractivity contribution is -0.140. The summed E-state index contributed by atoms with van der Waals surface area (Å²) in [5.74, 6) is 4.33. The Morgan fingerprint density at radius 3 is 2.63 bits per heavy atom. The van der Waals surface area contributed by atoms with Gasteiger partial charge in [-0.3, -0.25) is 4.79 Å². The maximum absolute atomic E-state index is 13.0. The van der Waals surface area contributed by atoms with Crippen molar-refractivity contribution in [1.29, 1.82) is 0 Å². The van der Waals surface area contributed by atoms with Crippen LogP contribution in [0.15, 0.2) is 18.2 Å². The average molecular weight is 290 g/mol. The molecule has 0 bridgehead atoms. The topological polar surface area (TPSA) is 17.1 Å². The molecule has 0 heterocycles. The van der Waals surface area contributed by atoms with Crippen LogP contribution in [0.4, 0.5) is 17.6 Å². The summed E-state index contributed by atoms with van der Waals surface area (Å²) in [7, 11) is 0. The largest absolute Gasteiger partial charge is 0.419 e. The molecule has 0 aliphatic carbocycles. The Morgan fingerprint density at radius 2 is 2.05 bits per heavy atom. The van der Waals surface area contributed by atoms with Crippen molar-refractivity contribution in [2.24, 2.45) is 0 Å². The summed E-state index contributed by atoms with van der Waals surface area (Å²) in [5.41, 5.74) is -1.22. The van der Waals surface area contributed by atoms with E-state index in [0.29, 0.717) is 18.2 Å². The van der Waals surface area contributed by atoms with Crippen molar-refractivity contribution < 1.29 is 22.4 Å². The number of carbonyl (C=O) groups is 1. The third kappa shape index (κ3) is 5.35. The fraction of sp³-hybridized carbons (Fsp3) is 0.308. The average Bonchev–Trinajstić information content (AvgIpc) is 2.28. The van der Waals surface area contributed by atoms with Gasteiger partial charge in [-0.1, -0.05) is 23.6 Å². The maximum atomic E-state index is 13.0. The lowest BCUT2D eigenvalue weighted by Gasteiger charge is -2.07. The number of carbonyl (C=O) groups excluding carboxylic acids is 1. The summed E-state index contributed by atoms with van der Waals surface area (Å²) in [6, 6.07) is 2.62. The normalized spacial score (nSPS) is 10.8. The quantitative estimate of drug-likeness (QED) is 0.467. The highest BCUT2D eigenvalue weighted by molar-refractivity contribution is 8.13. The molecule has 0 radical (unpaired) electrons. The summed E-state index contributed by atoms with van der Waals surface area (Å²) in [4.78, 5) is 10.6. The van der Waals surface area contributed by atoms with Gasteiger partial charge >= 0.3 is 6.18 Å².